The molecule has 0 saturated carbocycles. The van der Waals surface area contributed by atoms with Crippen LogP contribution < -0.4 is 0 Å². The third-order valence-electron chi connectivity index (χ3n) is 3.56. The van der Waals surface area contributed by atoms with Crippen molar-refractivity contribution in [2.45, 2.75) is 6.42 Å². The van der Waals surface area contributed by atoms with E-state index in [9.17, 15) is 4.79 Å². The van der Waals surface area contributed by atoms with Crippen LogP contribution in [-0.2, 0) is 16.0 Å². The first-order valence-corrected chi connectivity index (χ1v) is 7.97. The van der Waals surface area contributed by atoms with Gasteiger partial charge in [-0.05, 0) is 24.3 Å². The highest BCUT2D eigenvalue weighted by Crippen LogP contribution is 2.25. The lowest BCUT2D eigenvalue weighted by atomic mass is 10.1. The van der Waals surface area contributed by atoms with Crippen molar-refractivity contribution in [3.63, 3.8) is 0 Å². The lowest BCUT2D eigenvalue weighted by Crippen LogP contribution is -2.08. The molecule has 0 N–H and O–H groups in total. The number of rotatable bonds is 5. The van der Waals surface area contributed by atoms with Gasteiger partial charge in [-0.15, -0.1) is 0 Å². The third-order valence-corrected chi connectivity index (χ3v) is 3.81. The molecular formula is C19H14ClN3O2. The lowest BCUT2D eigenvalue weighted by Gasteiger charge is -2.02. The van der Waals surface area contributed by atoms with Gasteiger partial charge in [0.15, 0.2) is 6.61 Å². The van der Waals surface area contributed by atoms with Crippen LogP contribution in [0, 0.1) is 11.3 Å². The van der Waals surface area contributed by atoms with E-state index in [-0.39, 0.29) is 13.0 Å². The van der Waals surface area contributed by atoms with Crippen LogP contribution in [0.1, 0.15) is 5.56 Å². The van der Waals surface area contributed by atoms with Gasteiger partial charge in [-0.2, -0.15) is 10.4 Å². The van der Waals surface area contributed by atoms with Crippen LogP contribution in [0.4, 0.5) is 0 Å². The summed E-state index contributed by atoms with van der Waals surface area (Å²) in [4.78, 5) is 11.9. The molecule has 3 rings (SSSR count). The van der Waals surface area contributed by atoms with Gasteiger partial charge in [0.25, 0.3) is 0 Å². The monoisotopic (exact) mass is 351 g/mol. The molecule has 0 atom stereocenters. The Morgan fingerprint density at radius 1 is 1.16 bits per heavy atom. The van der Waals surface area contributed by atoms with Gasteiger partial charge in [-0.1, -0.05) is 41.9 Å². The second-order valence-electron chi connectivity index (χ2n) is 5.29. The first-order chi connectivity index (χ1) is 12.2. The van der Waals surface area contributed by atoms with Crippen molar-refractivity contribution in [2.75, 3.05) is 6.61 Å². The highest BCUT2D eigenvalue weighted by Gasteiger charge is 2.16. The molecule has 25 heavy (non-hydrogen) atoms. The lowest BCUT2D eigenvalue weighted by molar-refractivity contribution is -0.141. The topological polar surface area (TPSA) is 67.9 Å². The van der Waals surface area contributed by atoms with Gasteiger partial charge >= 0.3 is 5.97 Å². The molecule has 0 aliphatic rings. The minimum atomic E-state index is -0.468. The number of hydrogen-bond acceptors (Lipinski definition) is 4. The number of carbonyl (C=O) groups excluding carboxylic acids is 1. The Morgan fingerprint density at radius 3 is 2.56 bits per heavy atom. The quantitative estimate of drug-likeness (QED) is 0.656. The third kappa shape index (κ3) is 4.06. The molecule has 5 nitrogen and oxygen atoms in total. The number of para-hydroxylation sites is 1. The summed E-state index contributed by atoms with van der Waals surface area (Å²) in [6.45, 7) is -0.262. The Morgan fingerprint density at radius 2 is 1.88 bits per heavy atom. The molecule has 0 aliphatic carbocycles. The first-order valence-electron chi connectivity index (χ1n) is 7.60. The van der Waals surface area contributed by atoms with Crippen molar-refractivity contribution in [1.82, 2.24) is 9.78 Å². The maximum Gasteiger partial charge on any atom is 0.311 e. The fraction of sp³-hybridized carbons (Fsp3) is 0.105. The summed E-state index contributed by atoms with van der Waals surface area (Å²) in [5.74, 6) is -0.468. The van der Waals surface area contributed by atoms with Crippen LogP contribution >= 0.6 is 11.6 Å². The summed E-state index contributed by atoms with van der Waals surface area (Å²) < 4.78 is 6.58. The number of halogens is 1. The molecule has 0 bridgehead atoms. The minimum absolute atomic E-state index is 0.0342. The van der Waals surface area contributed by atoms with Crippen molar-refractivity contribution in [2.24, 2.45) is 0 Å². The molecule has 1 heterocycles. The molecule has 0 saturated heterocycles. The summed E-state index contributed by atoms with van der Waals surface area (Å²) >= 11 is 5.95. The van der Waals surface area contributed by atoms with E-state index in [1.54, 1.807) is 29.1 Å². The predicted octanol–water partition coefficient (Wildman–Crippen LogP) is 3.80. The Bertz CT molecular complexity index is 912. The van der Waals surface area contributed by atoms with E-state index < -0.39 is 5.97 Å². The Kier molecular flexibility index (Phi) is 5.12. The molecular weight excluding hydrogens is 338 g/mol. The van der Waals surface area contributed by atoms with Gasteiger partial charge in [0.05, 0.1) is 17.8 Å². The van der Waals surface area contributed by atoms with Gasteiger partial charge in [0.1, 0.15) is 6.07 Å². The zero-order valence-corrected chi connectivity index (χ0v) is 14.0. The van der Waals surface area contributed by atoms with Crippen LogP contribution in [0.25, 0.3) is 16.9 Å². The fourth-order valence-corrected chi connectivity index (χ4v) is 2.55. The maximum atomic E-state index is 11.9. The second-order valence-corrected chi connectivity index (χ2v) is 5.72. The van der Waals surface area contributed by atoms with E-state index in [1.165, 1.54) is 0 Å². The predicted molar refractivity (Wildman–Crippen MR) is 94.3 cm³/mol. The Hall–Kier alpha value is -3.10. The van der Waals surface area contributed by atoms with Gasteiger partial charge in [-0.3, -0.25) is 4.79 Å². The maximum absolute atomic E-state index is 11.9. The van der Waals surface area contributed by atoms with Crippen LogP contribution in [0.15, 0.2) is 60.8 Å². The Balaban J connectivity index is 1.99. The van der Waals surface area contributed by atoms with E-state index in [2.05, 4.69) is 5.10 Å². The summed E-state index contributed by atoms with van der Waals surface area (Å²) in [6, 6.07) is 18.7. The van der Waals surface area contributed by atoms with E-state index in [0.717, 1.165) is 11.3 Å². The van der Waals surface area contributed by atoms with Crippen molar-refractivity contribution in [3.05, 3.63) is 71.4 Å². The van der Waals surface area contributed by atoms with Crippen molar-refractivity contribution in [3.8, 4) is 23.0 Å². The molecule has 0 spiro atoms. The Labute approximate surface area is 150 Å². The van der Waals surface area contributed by atoms with E-state index in [0.29, 0.717) is 16.3 Å². The number of nitrogens with zero attached hydrogens (tertiary/aromatic N) is 3. The standard InChI is InChI=1S/C19H14ClN3O2/c20-16-8-6-14(7-9-16)19-15(12-18(24)25-11-10-21)13-23(22-19)17-4-2-1-3-5-17/h1-9,13H,11-12H2. The van der Waals surface area contributed by atoms with Crippen LogP contribution in [0.5, 0.6) is 0 Å². The molecule has 0 fully saturated rings. The van der Waals surface area contributed by atoms with E-state index >= 15 is 0 Å². The molecule has 2 aromatic carbocycles. The van der Waals surface area contributed by atoms with Crippen molar-refractivity contribution in [1.29, 1.82) is 5.26 Å². The van der Waals surface area contributed by atoms with Crippen molar-refractivity contribution >= 4 is 17.6 Å². The van der Waals surface area contributed by atoms with Crippen LogP contribution in [0.2, 0.25) is 5.02 Å². The van der Waals surface area contributed by atoms with Gasteiger partial charge < -0.3 is 4.74 Å². The molecule has 6 heteroatoms. The van der Waals surface area contributed by atoms with E-state index in [1.807, 2.05) is 42.5 Å². The second kappa shape index (κ2) is 7.65. The fourth-order valence-electron chi connectivity index (χ4n) is 2.42. The summed E-state index contributed by atoms with van der Waals surface area (Å²) in [5.41, 5.74) is 3.13. The number of nitriles is 1. The summed E-state index contributed by atoms with van der Waals surface area (Å²) in [7, 11) is 0. The molecule has 0 unspecified atom stereocenters. The van der Waals surface area contributed by atoms with Gasteiger partial charge in [0, 0.05) is 22.3 Å². The number of esters is 1. The molecule has 0 amide bonds. The molecule has 1 aromatic heterocycles. The number of aromatic nitrogens is 2. The highest BCUT2D eigenvalue weighted by molar-refractivity contribution is 6.30. The normalized spacial score (nSPS) is 10.2. The van der Waals surface area contributed by atoms with Crippen molar-refractivity contribution < 1.29 is 9.53 Å². The largest absolute Gasteiger partial charge is 0.450 e. The van der Waals surface area contributed by atoms with Crippen LogP contribution in [-0.4, -0.2) is 22.4 Å². The average Bonchev–Trinajstić information content (AvgIpc) is 3.05. The number of ether oxygens (including phenoxy) is 1. The minimum Gasteiger partial charge on any atom is -0.450 e. The van der Waals surface area contributed by atoms with Gasteiger partial charge in [0.2, 0.25) is 0 Å². The molecule has 124 valence electrons. The molecule has 0 radical (unpaired) electrons. The molecule has 3 aromatic rings. The highest BCUT2D eigenvalue weighted by atomic mass is 35.5. The average molecular weight is 352 g/mol. The zero-order chi connectivity index (χ0) is 17.6. The zero-order valence-electron chi connectivity index (χ0n) is 13.2. The smallest absolute Gasteiger partial charge is 0.311 e. The van der Waals surface area contributed by atoms with E-state index in [4.69, 9.17) is 21.6 Å². The summed E-state index contributed by atoms with van der Waals surface area (Å²) in [6.07, 6.45) is 1.83. The van der Waals surface area contributed by atoms with Gasteiger partial charge in [-0.25, -0.2) is 4.68 Å². The molecule has 0 aliphatic heterocycles. The van der Waals surface area contributed by atoms with Crippen LogP contribution in [0.3, 0.4) is 0 Å². The number of carbonyl (C=O) groups is 1. The first kappa shape index (κ1) is 16.7. The SMILES string of the molecule is N#CCOC(=O)Cc1cn(-c2ccccc2)nc1-c1ccc(Cl)cc1. The summed E-state index contributed by atoms with van der Waals surface area (Å²) in [5, 5.41) is 13.8. The number of hydrogen-bond donors (Lipinski definition) is 0. The number of benzene rings is 2.